The lowest BCUT2D eigenvalue weighted by atomic mass is 9.81. The Kier molecular flexibility index (Phi) is 4.00. The molecule has 0 spiro atoms. The van der Waals surface area contributed by atoms with Crippen molar-refractivity contribution in [2.45, 2.75) is 19.3 Å². The average Bonchev–Trinajstić information content (AvgIpc) is 2.99. The largest absolute Gasteiger partial charge is 0.508 e. The van der Waals surface area contributed by atoms with E-state index in [-0.39, 0.29) is 17.2 Å². The number of aromatic nitrogens is 1. The average molecular weight is 376 g/mol. The number of rotatable bonds is 2. The highest BCUT2D eigenvalue weighted by Crippen LogP contribution is 2.40. The maximum Gasteiger partial charge on any atom is 0.339 e. The number of fused-ring (bicyclic) bond motifs is 3. The molecule has 2 heterocycles. The first kappa shape index (κ1) is 17.9. The zero-order valence-corrected chi connectivity index (χ0v) is 15.6. The van der Waals surface area contributed by atoms with Gasteiger partial charge in [0.15, 0.2) is 0 Å². The van der Waals surface area contributed by atoms with Crippen molar-refractivity contribution in [3.05, 3.63) is 71.6 Å². The molecule has 28 heavy (non-hydrogen) atoms. The number of phenols is 1. The third-order valence-electron chi connectivity index (χ3n) is 5.11. The monoisotopic (exact) mass is 376 g/mol. The summed E-state index contributed by atoms with van der Waals surface area (Å²) < 4.78 is 0. The lowest BCUT2D eigenvalue weighted by Gasteiger charge is -2.29. The van der Waals surface area contributed by atoms with Crippen molar-refractivity contribution in [2.75, 3.05) is 6.54 Å². The molecule has 0 atom stereocenters. The molecule has 0 saturated carbocycles. The van der Waals surface area contributed by atoms with Crippen molar-refractivity contribution in [3.63, 3.8) is 0 Å². The fourth-order valence-electron chi connectivity index (χ4n) is 3.88. The van der Waals surface area contributed by atoms with E-state index in [1.807, 2.05) is 38.1 Å². The third-order valence-corrected chi connectivity index (χ3v) is 5.11. The molecule has 1 aliphatic heterocycles. The highest BCUT2D eigenvalue weighted by molar-refractivity contribution is 6.17. The van der Waals surface area contributed by atoms with Crippen LogP contribution in [0.2, 0.25) is 0 Å². The zero-order chi connectivity index (χ0) is 20.1. The minimum Gasteiger partial charge on any atom is -0.508 e. The zero-order valence-electron chi connectivity index (χ0n) is 15.6. The van der Waals surface area contributed by atoms with E-state index in [4.69, 9.17) is 0 Å². The van der Waals surface area contributed by atoms with Crippen molar-refractivity contribution in [1.29, 1.82) is 0 Å². The van der Waals surface area contributed by atoms with E-state index >= 15 is 0 Å². The van der Waals surface area contributed by atoms with Crippen molar-refractivity contribution in [2.24, 2.45) is 0 Å². The molecule has 1 aromatic heterocycles. The van der Waals surface area contributed by atoms with Gasteiger partial charge in [0.05, 0.1) is 11.3 Å². The van der Waals surface area contributed by atoms with Crippen LogP contribution >= 0.6 is 0 Å². The molecule has 0 unspecified atom stereocenters. The molecule has 0 aliphatic carbocycles. The Bertz CT molecular complexity index is 1120. The second kappa shape index (κ2) is 6.27. The van der Waals surface area contributed by atoms with Crippen LogP contribution in [-0.4, -0.2) is 38.5 Å². The van der Waals surface area contributed by atoms with Gasteiger partial charge in [0, 0.05) is 34.6 Å². The molecule has 0 saturated heterocycles. The molecule has 6 heteroatoms. The summed E-state index contributed by atoms with van der Waals surface area (Å²) in [6, 6.07) is 13.6. The fraction of sp³-hybridized carbons (Fsp3) is 0.182. The lowest BCUT2D eigenvalue weighted by molar-refractivity contribution is -0.130. The van der Waals surface area contributed by atoms with Gasteiger partial charge in [-0.3, -0.25) is 4.79 Å². The van der Waals surface area contributed by atoms with Crippen LogP contribution in [-0.2, 0) is 10.2 Å². The summed E-state index contributed by atoms with van der Waals surface area (Å²) in [7, 11) is 0. The van der Waals surface area contributed by atoms with Crippen LogP contribution in [0.3, 0.4) is 0 Å². The van der Waals surface area contributed by atoms with Crippen molar-refractivity contribution in [1.82, 2.24) is 9.88 Å². The summed E-state index contributed by atoms with van der Waals surface area (Å²) in [4.78, 5) is 29.8. The van der Waals surface area contributed by atoms with Gasteiger partial charge < -0.3 is 20.1 Å². The molecular formula is C22H20N2O4. The Hall–Kier alpha value is -3.54. The number of H-pyrrole nitrogens is 1. The molecular weight excluding hydrogens is 356 g/mol. The summed E-state index contributed by atoms with van der Waals surface area (Å²) in [5.74, 6) is -1.36. The van der Waals surface area contributed by atoms with Crippen LogP contribution < -0.4 is 0 Å². The topological polar surface area (TPSA) is 93.6 Å². The van der Waals surface area contributed by atoms with Gasteiger partial charge in [-0.1, -0.05) is 32.0 Å². The minimum atomic E-state index is -1.10. The molecule has 0 radical (unpaired) electrons. The van der Waals surface area contributed by atoms with E-state index in [1.165, 1.54) is 35.4 Å². The normalized spacial score (nSPS) is 15.6. The molecule has 1 amide bonds. The second-order valence-corrected chi connectivity index (χ2v) is 7.63. The molecule has 0 fully saturated rings. The van der Waals surface area contributed by atoms with Crippen molar-refractivity contribution in [3.8, 4) is 5.75 Å². The number of carboxylic acid groups (broad SMARTS) is 1. The molecule has 1 aliphatic rings. The summed E-state index contributed by atoms with van der Waals surface area (Å²) in [6.45, 7) is 4.32. The van der Waals surface area contributed by atoms with Gasteiger partial charge in [0.25, 0.3) is 5.91 Å². The Morgan fingerprint density at radius 2 is 1.75 bits per heavy atom. The third kappa shape index (κ3) is 2.83. The van der Waals surface area contributed by atoms with Gasteiger partial charge in [-0.15, -0.1) is 0 Å². The maximum atomic E-state index is 13.1. The highest BCUT2D eigenvalue weighted by Gasteiger charge is 2.37. The van der Waals surface area contributed by atoms with Gasteiger partial charge >= 0.3 is 5.97 Å². The minimum absolute atomic E-state index is 0.0453. The van der Waals surface area contributed by atoms with Crippen LogP contribution in [0.25, 0.3) is 16.5 Å². The number of benzene rings is 2. The number of aromatic hydroxyl groups is 1. The van der Waals surface area contributed by atoms with Gasteiger partial charge in [0.2, 0.25) is 0 Å². The quantitative estimate of drug-likeness (QED) is 0.635. The Labute approximate surface area is 161 Å². The van der Waals surface area contributed by atoms with E-state index in [0.29, 0.717) is 17.8 Å². The van der Waals surface area contributed by atoms with Gasteiger partial charge in [-0.25, -0.2) is 4.79 Å². The summed E-state index contributed by atoms with van der Waals surface area (Å²) in [6.07, 6.45) is 1.40. The van der Waals surface area contributed by atoms with Crippen LogP contribution in [0.15, 0.2) is 54.7 Å². The predicted octanol–water partition coefficient (Wildman–Crippen LogP) is 3.73. The Morgan fingerprint density at radius 3 is 2.43 bits per heavy atom. The van der Waals surface area contributed by atoms with Crippen molar-refractivity contribution >= 4 is 28.4 Å². The van der Waals surface area contributed by atoms with E-state index in [2.05, 4.69) is 4.98 Å². The number of aliphatic carboxylic acids is 1. The number of carboxylic acids is 1. The number of hydrogen-bond acceptors (Lipinski definition) is 3. The summed E-state index contributed by atoms with van der Waals surface area (Å²) in [5.41, 5.74) is 2.22. The summed E-state index contributed by atoms with van der Waals surface area (Å²) >= 11 is 0. The highest BCUT2D eigenvalue weighted by atomic mass is 16.4. The standard InChI is InChI=1S/C22H20N2O4/c1-22(2)12-24(20(26)13-7-9-14(25)10-8-13)11-16(21(27)28)19-18(22)15-5-3-4-6-17(15)23-19/h3-11,23,25H,12H2,1-2H3,(H,27,28). The number of nitrogens with zero attached hydrogens (tertiary/aromatic N) is 1. The smallest absolute Gasteiger partial charge is 0.339 e. The molecule has 3 N–H and O–H groups in total. The number of para-hydroxylation sites is 1. The Balaban J connectivity index is 1.89. The van der Waals surface area contributed by atoms with Crippen LogP contribution in [0, 0.1) is 0 Å². The van der Waals surface area contributed by atoms with E-state index < -0.39 is 11.4 Å². The number of nitrogens with one attached hydrogen (secondary N) is 1. The molecule has 2 aromatic carbocycles. The molecule has 6 nitrogen and oxygen atoms in total. The number of aromatic amines is 1. The first-order chi connectivity index (χ1) is 13.3. The van der Waals surface area contributed by atoms with Gasteiger partial charge in [-0.2, -0.15) is 0 Å². The number of carbonyl (C=O) groups excluding carboxylic acids is 1. The first-order valence-corrected chi connectivity index (χ1v) is 8.94. The SMILES string of the molecule is CC1(C)CN(C(=O)c2ccc(O)cc2)C=C(C(=O)O)c2[nH]c3ccccc3c21. The van der Waals surface area contributed by atoms with Crippen LogP contribution in [0.1, 0.15) is 35.5 Å². The van der Waals surface area contributed by atoms with Gasteiger partial charge in [-0.05, 0) is 35.9 Å². The van der Waals surface area contributed by atoms with Crippen LogP contribution in [0.5, 0.6) is 5.75 Å². The maximum absolute atomic E-state index is 13.1. The van der Waals surface area contributed by atoms with E-state index in [0.717, 1.165) is 16.5 Å². The number of carbonyl (C=O) groups is 2. The second-order valence-electron chi connectivity index (χ2n) is 7.63. The van der Waals surface area contributed by atoms with E-state index in [9.17, 15) is 19.8 Å². The van der Waals surface area contributed by atoms with Crippen LogP contribution in [0.4, 0.5) is 0 Å². The lowest BCUT2D eigenvalue weighted by Crippen LogP contribution is -2.36. The number of phenolic OH excluding ortho intramolecular Hbond substituents is 1. The molecule has 142 valence electrons. The first-order valence-electron chi connectivity index (χ1n) is 8.94. The van der Waals surface area contributed by atoms with Crippen molar-refractivity contribution < 1.29 is 19.8 Å². The number of hydrogen-bond donors (Lipinski definition) is 3. The predicted molar refractivity (Wildman–Crippen MR) is 106 cm³/mol. The Morgan fingerprint density at radius 1 is 1.07 bits per heavy atom. The molecule has 0 bridgehead atoms. The van der Waals surface area contributed by atoms with Gasteiger partial charge in [0.1, 0.15) is 5.75 Å². The molecule has 3 aromatic rings. The molecule has 4 rings (SSSR count). The fourth-order valence-corrected chi connectivity index (χ4v) is 3.88. The van der Waals surface area contributed by atoms with E-state index in [1.54, 1.807) is 0 Å². The number of amides is 1. The summed E-state index contributed by atoms with van der Waals surface area (Å²) in [5, 5.41) is 20.3.